The van der Waals surface area contributed by atoms with Gasteiger partial charge in [-0.25, -0.2) is 0 Å². The number of hydrogen-bond acceptors (Lipinski definition) is 4. The van der Waals surface area contributed by atoms with Crippen molar-refractivity contribution in [2.75, 3.05) is 19.7 Å². The van der Waals surface area contributed by atoms with Crippen LogP contribution in [0.2, 0.25) is 5.02 Å². The molecule has 1 unspecified atom stereocenters. The summed E-state index contributed by atoms with van der Waals surface area (Å²) >= 11 is 5.98. The normalized spacial score (nSPS) is 21.7. The van der Waals surface area contributed by atoms with E-state index in [4.69, 9.17) is 16.3 Å². The molecule has 2 heterocycles. The van der Waals surface area contributed by atoms with Gasteiger partial charge in [0.15, 0.2) is 0 Å². The Hall–Kier alpha value is -1.62. The number of aliphatic hydroxyl groups is 1. The zero-order chi connectivity index (χ0) is 17.7. The first kappa shape index (κ1) is 18.2. The van der Waals surface area contributed by atoms with Crippen LogP contribution < -0.4 is 4.74 Å². The molecule has 5 heteroatoms. The maximum atomic E-state index is 10.9. The summed E-state index contributed by atoms with van der Waals surface area (Å²) in [6.07, 6.45) is 4.22. The van der Waals surface area contributed by atoms with Crippen LogP contribution in [-0.4, -0.2) is 40.3 Å². The molecule has 0 radical (unpaired) electrons. The SMILES string of the molecule is Cc1cccnc1CN1CCCC(O)(COc2cccc(Cl)c2)CC1. The van der Waals surface area contributed by atoms with Crippen molar-refractivity contribution in [3.63, 3.8) is 0 Å². The molecule has 1 aliphatic heterocycles. The minimum Gasteiger partial charge on any atom is -0.491 e. The first-order valence-electron chi connectivity index (χ1n) is 8.78. The molecule has 4 nitrogen and oxygen atoms in total. The van der Waals surface area contributed by atoms with E-state index in [1.165, 1.54) is 5.56 Å². The number of ether oxygens (including phenoxy) is 1. The Balaban J connectivity index is 1.56. The van der Waals surface area contributed by atoms with Gasteiger partial charge in [0.25, 0.3) is 0 Å². The molecular formula is C20H25ClN2O2. The monoisotopic (exact) mass is 360 g/mol. The highest BCUT2D eigenvalue weighted by Gasteiger charge is 2.31. The first-order chi connectivity index (χ1) is 12.0. The van der Waals surface area contributed by atoms with Crippen LogP contribution in [0.4, 0.5) is 0 Å². The number of pyridine rings is 1. The maximum absolute atomic E-state index is 10.9. The molecule has 1 atom stereocenters. The molecule has 0 saturated carbocycles. The fraction of sp³-hybridized carbons (Fsp3) is 0.450. The van der Waals surface area contributed by atoms with Crippen LogP contribution in [0.25, 0.3) is 0 Å². The summed E-state index contributed by atoms with van der Waals surface area (Å²) in [4.78, 5) is 6.85. The standard InChI is InChI=1S/C20H25ClN2O2/c1-16-5-3-10-22-19(16)14-23-11-4-8-20(24,9-12-23)15-25-18-7-2-6-17(21)13-18/h2-3,5-7,10,13,24H,4,8-9,11-12,14-15H2,1H3. The molecule has 3 rings (SSSR count). The number of aromatic nitrogens is 1. The minimum atomic E-state index is -0.795. The Morgan fingerprint density at radius 2 is 2.12 bits per heavy atom. The van der Waals surface area contributed by atoms with Gasteiger partial charge in [-0.1, -0.05) is 23.7 Å². The van der Waals surface area contributed by atoms with Gasteiger partial charge in [-0.3, -0.25) is 9.88 Å². The number of likely N-dealkylation sites (tertiary alicyclic amines) is 1. The maximum Gasteiger partial charge on any atom is 0.120 e. The van der Waals surface area contributed by atoms with Crippen molar-refractivity contribution in [3.8, 4) is 5.75 Å². The molecule has 0 amide bonds. The molecule has 1 aliphatic rings. The highest BCUT2D eigenvalue weighted by molar-refractivity contribution is 6.30. The number of rotatable bonds is 5. The Morgan fingerprint density at radius 3 is 2.92 bits per heavy atom. The van der Waals surface area contributed by atoms with Crippen LogP contribution in [0.1, 0.15) is 30.5 Å². The Kier molecular flexibility index (Phi) is 5.94. The van der Waals surface area contributed by atoms with Crippen LogP contribution >= 0.6 is 11.6 Å². The van der Waals surface area contributed by atoms with Crippen molar-refractivity contribution in [3.05, 3.63) is 58.9 Å². The molecule has 0 aliphatic carbocycles. The number of halogens is 1. The van der Waals surface area contributed by atoms with Gasteiger partial charge < -0.3 is 9.84 Å². The van der Waals surface area contributed by atoms with Crippen molar-refractivity contribution >= 4 is 11.6 Å². The highest BCUT2D eigenvalue weighted by atomic mass is 35.5. The third-order valence-corrected chi connectivity index (χ3v) is 5.04. The molecule has 1 fully saturated rings. The van der Waals surface area contributed by atoms with Gasteiger partial charge in [-0.05, 0) is 62.6 Å². The van der Waals surface area contributed by atoms with Gasteiger partial charge in [-0.2, -0.15) is 0 Å². The summed E-state index contributed by atoms with van der Waals surface area (Å²) in [6.45, 7) is 5.03. The molecule has 1 aromatic heterocycles. The zero-order valence-corrected chi connectivity index (χ0v) is 15.4. The summed E-state index contributed by atoms with van der Waals surface area (Å²) in [5, 5.41) is 11.6. The first-order valence-corrected chi connectivity index (χ1v) is 9.15. The van der Waals surface area contributed by atoms with Crippen molar-refractivity contribution < 1.29 is 9.84 Å². The van der Waals surface area contributed by atoms with E-state index in [9.17, 15) is 5.11 Å². The molecule has 1 aromatic carbocycles. The largest absolute Gasteiger partial charge is 0.491 e. The van der Waals surface area contributed by atoms with E-state index in [1.807, 2.05) is 30.5 Å². The van der Waals surface area contributed by atoms with E-state index in [1.54, 1.807) is 6.07 Å². The smallest absolute Gasteiger partial charge is 0.120 e. The Bertz CT molecular complexity index is 710. The van der Waals surface area contributed by atoms with Crippen molar-refractivity contribution in [1.82, 2.24) is 9.88 Å². The fourth-order valence-electron chi connectivity index (χ4n) is 3.21. The van der Waals surface area contributed by atoms with Crippen LogP contribution in [-0.2, 0) is 6.54 Å². The van der Waals surface area contributed by atoms with Gasteiger partial charge in [0, 0.05) is 24.3 Å². The van der Waals surface area contributed by atoms with Gasteiger partial charge in [0.05, 0.1) is 11.3 Å². The Labute approximate surface area is 154 Å². The lowest BCUT2D eigenvalue weighted by Gasteiger charge is -2.27. The number of nitrogens with zero attached hydrogens (tertiary/aromatic N) is 2. The highest BCUT2D eigenvalue weighted by Crippen LogP contribution is 2.26. The van der Waals surface area contributed by atoms with E-state index in [-0.39, 0.29) is 0 Å². The second-order valence-electron chi connectivity index (χ2n) is 6.87. The number of hydrogen-bond donors (Lipinski definition) is 1. The molecule has 25 heavy (non-hydrogen) atoms. The van der Waals surface area contributed by atoms with E-state index < -0.39 is 5.60 Å². The predicted octanol–water partition coefficient (Wildman–Crippen LogP) is 3.84. The van der Waals surface area contributed by atoms with Gasteiger partial charge in [0.1, 0.15) is 12.4 Å². The summed E-state index contributed by atoms with van der Waals surface area (Å²) in [6, 6.07) is 11.4. The van der Waals surface area contributed by atoms with Crippen molar-refractivity contribution in [2.45, 2.75) is 38.3 Å². The second kappa shape index (κ2) is 8.17. The molecule has 1 N–H and O–H groups in total. The molecule has 0 spiro atoms. The van der Waals surface area contributed by atoms with E-state index in [0.717, 1.165) is 38.2 Å². The van der Waals surface area contributed by atoms with E-state index >= 15 is 0 Å². The average Bonchev–Trinajstić information content (AvgIpc) is 2.78. The topological polar surface area (TPSA) is 45.6 Å². The second-order valence-corrected chi connectivity index (χ2v) is 7.30. The van der Waals surface area contributed by atoms with Crippen LogP contribution in [0.15, 0.2) is 42.6 Å². The third kappa shape index (κ3) is 5.18. The molecule has 0 bridgehead atoms. The summed E-state index contributed by atoms with van der Waals surface area (Å²) in [5.41, 5.74) is 1.53. The van der Waals surface area contributed by atoms with Crippen LogP contribution in [0.5, 0.6) is 5.75 Å². The molecule has 2 aromatic rings. The van der Waals surface area contributed by atoms with Crippen molar-refractivity contribution in [2.24, 2.45) is 0 Å². The summed E-state index contributed by atoms with van der Waals surface area (Å²) < 4.78 is 5.79. The number of benzene rings is 1. The fourth-order valence-corrected chi connectivity index (χ4v) is 3.39. The van der Waals surface area contributed by atoms with Gasteiger partial charge in [0.2, 0.25) is 0 Å². The van der Waals surface area contributed by atoms with Crippen LogP contribution in [0.3, 0.4) is 0 Å². The Morgan fingerprint density at radius 1 is 1.24 bits per heavy atom. The van der Waals surface area contributed by atoms with E-state index in [0.29, 0.717) is 23.8 Å². The van der Waals surface area contributed by atoms with Gasteiger partial charge in [-0.15, -0.1) is 0 Å². The molecular weight excluding hydrogens is 336 g/mol. The lowest BCUT2D eigenvalue weighted by molar-refractivity contribution is -0.0168. The molecule has 134 valence electrons. The lowest BCUT2D eigenvalue weighted by Crippen LogP contribution is -2.37. The minimum absolute atomic E-state index is 0.295. The zero-order valence-electron chi connectivity index (χ0n) is 14.6. The van der Waals surface area contributed by atoms with Gasteiger partial charge >= 0.3 is 0 Å². The number of aryl methyl sites for hydroxylation is 1. The quantitative estimate of drug-likeness (QED) is 0.880. The van der Waals surface area contributed by atoms with Crippen molar-refractivity contribution in [1.29, 1.82) is 0 Å². The van der Waals surface area contributed by atoms with E-state index in [2.05, 4.69) is 22.9 Å². The summed E-state index contributed by atoms with van der Waals surface area (Å²) in [5.74, 6) is 0.700. The average molecular weight is 361 g/mol. The lowest BCUT2D eigenvalue weighted by atomic mass is 9.96. The summed E-state index contributed by atoms with van der Waals surface area (Å²) in [7, 11) is 0. The predicted molar refractivity (Wildman–Crippen MR) is 100.0 cm³/mol. The third-order valence-electron chi connectivity index (χ3n) is 4.80. The molecule has 1 saturated heterocycles. The van der Waals surface area contributed by atoms with Crippen LogP contribution in [0, 0.1) is 6.92 Å².